The number of carbonyl (C=O) groups excluding carboxylic acids is 1. The molecule has 0 aliphatic carbocycles. The average molecular weight is 495 g/mol. The highest BCUT2D eigenvalue weighted by atomic mass is 32.2. The predicted octanol–water partition coefficient (Wildman–Crippen LogP) is 5.33. The summed E-state index contributed by atoms with van der Waals surface area (Å²) in [5, 5.41) is 0.573. The van der Waals surface area contributed by atoms with E-state index < -0.39 is 15.9 Å². The lowest BCUT2D eigenvalue weighted by atomic mass is 9.99. The van der Waals surface area contributed by atoms with Gasteiger partial charge < -0.3 is 10.3 Å². The number of carbonyl (C=O) groups is 1. The van der Waals surface area contributed by atoms with Crippen LogP contribution in [0.1, 0.15) is 60.9 Å². The molecule has 4 rings (SSSR count). The largest absolute Gasteiger partial charge is 0.384 e. The van der Waals surface area contributed by atoms with Crippen LogP contribution in [-0.2, 0) is 16.6 Å². The zero-order valence-electron chi connectivity index (χ0n) is 20.6. The number of aryl methyl sites for hydroxylation is 3. The van der Waals surface area contributed by atoms with Crippen LogP contribution in [0.4, 0.5) is 5.82 Å². The van der Waals surface area contributed by atoms with Gasteiger partial charge in [0.25, 0.3) is 15.9 Å². The molecule has 35 heavy (non-hydrogen) atoms. The zero-order chi connectivity index (χ0) is 25.5. The summed E-state index contributed by atoms with van der Waals surface area (Å²) in [4.78, 5) is 17.2. The van der Waals surface area contributed by atoms with E-state index in [0.717, 1.165) is 33.2 Å². The molecule has 2 aromatic heterocycles. The Morgan fingerprint density at radius 1 is 1.06 bits per heavy atom. The summed E-state index contributed by atoms with van der Waals surface area (Å²) in [5.74, 6) is -0.350. The minimum Gasteiger partial charge on any atom is -0.384 e. The summed E-state index contributed by atoms with van der Waals surface area (Å²) in [5.41, 5.74) is 12.4. The van der Waals surface area contributed by atoms with Gasteiger partial charge in [0.1, 0.15) is 11.5 Å². The Morgan fingerprint density at radius 3 is 2.37 bits per heavy atom. The third kappa shape index (κ3) is 4.93. The van der Waals surface area contributed by atoms with Crippen molar-refractivity contribution in [3.05, 3.63) is 88.1 Å². The smallest absolute Gasteiger partial charge is 0.281 e. The summed E-state index contributed by atoms with van der Waals surface area (Å²) in [6, 6.07) is 16.3. The summed E-state index contributed by atoms with van der Waals surface area (Å²) >= 11 is 0. The molecular formula is C27H34N4O3S. The van der Waals surface area contributed by atoms with Crippen LogP contribution < -0.4 is 10.5 Å². The molecule has 0 unspecified atom stereocenters. The average Bonchev–Trinajstić information content (AvgIpc) is 3.13. The van der Waals surface area contributed by atoms with Crippen LogP contribution in [0.25, 0.3) is 10.9 Å². The molecule has 0 radical (unpaired) electrons. The molecule has 0 saturated carbocycles. The number of nitrogens with one attached hydrogen (secondary N) is 1. The van der Waals surface area contributed by atoms with Gasteiger partial charge in [0.15, 0.2) is 5.03 Å². The molecule has 186 valence electrons. The summed E-state index contributed by atoms with van der Waals surface area (Å²) < 4.78 is 29.8. The quantitative estimate of drug-likeness (QED) is 0.377. The van der Waals surface area contributed by atoms with Gasteiger partial charge >= 0.3 is 0 Å². The normalized spacial score (nSPS) is 11.8. The van der Waals surface area contributed by atoms with Crippen molar-refractivity contribution in [2.24, 2.45) is 0 Å². The molecule has 2 heterocycles. The van der Waals surface area contributed by atoms with Gasteiger partial charge in [-0.3, -0.25) is 4.79 Å². The Morgan fingerprint density at radius 2 is 1.74 bits per heavy atom. The number of nitrogen functional groups attached to an aromatic ring is 1. The van der Waals surface area contributed by atoms with Crippen LogP contribution in [0.5, 0.6) is 0 Å². The molecule has 4 aromatic rings. The van der Waals surface area contributed by atoms with E-state index in [0.29, 0.717) is 12.5 Å². The maximum Gasteiger partial charge on any atom is 0.281 e. The van der Waals surface area contributed by atoms with Crippen molar-refractivity contribution >= 4 is 32.7 Å². The molecular weight excluding hydrogens is 460 g/mol. The van der Waals surface area contributed by atoms with E-state index in [9.17, 15) is 13.2 Å². The standard InChI is InChI=1S/C27H30N4O3S.2H2/c1-16(2)20-9-10-23-21(13-20)14-24(31(23)15-22-18(4)11-17(3)12-19(22)5)27(32)30-35(33,34)26-8-6-7-25(28)29-26;;/h6-14,16H,15H2,1-5H3,(H2,28,29)(H,30,32);2*1H. The lowest BCUT2D eigenvalue weighted by Crippen LogP contribution is -2.32. The Kier molecular flexibility index (Phi) is 6.42. The molecule has 0 aliphatic heterocycles. The zero-order valence-corrected chi connectivity index (χ0v) is 21.4. The first-order chi connectivity index (χ1) is 16.5. The van der Waals surface area contributed by atoms with Crippen molar-refractivity contribution in [2.45, 2.75) is 52.1 Å². The first-order valence-electron chi connectivity index (χ1n) is 11.5. The number of pyridine rings is 1. The number of aromatic nitrogens is 2. The van der Waals surface area contributed by atoms with E-state index in [1.807, 2.05) is 30.5 Å². The molecule has 1 amide bonds. The van der Waals surface area contributed by atoms with Gasteiger partial charge in [-0.05, 0) is 79.3 Å². The molecule has 3 N–H and O–H groups in total. The van der Waals surface area contributed by atoms with Crippen LogP contribution in [0.3, 0.4) is 0 Å². The van der Waals surface area contributed by atoms with Gasteiger partial charge in [-0.1, -0.05) is 43.7 Å². The fourth-order valence-corrected chi connectivity index (χ4v) is 5.37. The second kappa shape index (κ2) is 9.19. The van der Waals surface area contributed by atoms with Gasteiger partial charge in [0, 0.05) is 20.3 Å². The number of fused-ring (bicyclic) bond motifs is 1. The van der Waals surface area contributed by atoms with Gasteiger partial charge in [-0.2, -0.15) is 8.42 Å². The first-order valence-corrected chi connectivity index (χ1v) is 12.9. The van der Waals surface area contributed by atoms with Crippen LogP contribution in [-0.4, -0.2) is 23.9 Å². The SMILES string of the molecule is Cc1cc(C)c(Cn2c(C(=O)NS(=O)(=O)c3cccc(N)n3)cc3cc(C(C)C)ccc32)c(C)c1.[HH].[HH]. The van der Waals surface area contributed by atoms with E-state index in [1.165, 1.54) is 23.8 Å². The second-order valence-corrected chi connectivity index (χ2v) is 10.9. The van der Waals surface area contributed by atoms with Crippen LogP contribution in [0, 0.1) is 20.8 Å². The second-order valence-electron chi connectivity index (χ2n) is 9.30. The molecule has 7 nitrogen and oxygen atoms in total. The number of nitrogens with zero attached hydrogens (tertiary/aromatic N) is 2. The highest BCUT2D eigenvalue weighted by Crippen LogP contribution is 2.28. The van der Waals surface area contributed by atoms with Crippen molar-refractivity contribution in [1.82, 2.24) is 14.3 Å². The van der Waals surface area contributed by atoms with Crippen molar-refractivity contribution in [1.29, 1.82) is 0 Å². The van der Waals surface area contributed by atoms with E-state index in [-0.39, 0.29) is 19.4 Å². The van der Waals surface area contributed by atoms with Gasteiger partial charge in [0.2, 0.25) is 0 Å². The Hall–Kier alpha value is -3.65. The van der Waals surface area contributed by atoms with Gasteiger partial charge in [-0.25, -0.2) is 9.71 Å². The Labute approximate surface area is 209 Å². The third-order valence-corrected chi connectivity index (χ3v) is 7.46. The fourth-order valence-electron chi connectivity index (χ4n) is 4.43. The lowest BCUT2D eigenvalue weighted by molar-refractivity contribution is 0.0973. The predicted molar refractivity (Wildman–Crippen MR) is 143 cm³/mol. The monoisotopic (exact) mass is 494 g/mol. The van der Waals surface area contributed by atoms with Crippen LogP contribution >= 0.6 is 0 Å². The molecule has 0 atom stereocenters. The topological polar surface area (TPSA) is 107 Å². The van der Waals surface area contributed by atoms with Crippen LogP contribution in [0.2, 0.25) is 0 Å². The van der Waals surface area contributed by atoms with E-state index in [1.54, 1.807) is 6.07 Å². The number of sulfonamides is 1. The van der Waals surface area contributed by atoms with Crippen molar-refractivity contribution < 1.29 is 16.1 Å². The molecule has 0 fully saturated rings. The molecule has 0 spiro atoms. The number of amides is 1. The van der Waals surface area contributed by atoms with Crippen LogP contribution in [0.15, 0.2) is 59.6 Å². The van der Waals surface area contributed by atoms with E-state index in [2.05, 4.69) is 48.7 Å². The number of nitrogens with two attached hydrogens (primary N) is 1. The van der Waals surface area contributed by atoms with Crippen molar-refractivity contribution in [3.8, 4) is 0 Å². The number of hydrogen-bond donors (Lipinski definition) is 2. The van der Waals surface area contributed by atoms with Crippen molar-refractivity contribution in [3.63, 3.8) is 0 Å². The highest BCUT2D eigenvalue weighted by molar-refractivity contribution is 7.90. The van der Waals surface area contributed by atoms with E-state index in [4.69, 9.17) is 5.73 Å². The Balaban J connectivity index is 0.00000241. The maximum absolute atomic E-state index is 13.4. The summed E-state index contributed by atoms with van der Waals surface area (Å²) in [7, 11) is -4.20. The minimum atomic E-state index is -4.20. The van der Waals surface area contributed by atoms with Gasteiger partial charge in [-0.15, -0.1) is 0 Å². The molecule has 2 aromatic carbocycles. The van der Waals surface area contributed by atoms with Crippen molar-refractivity contribution in [2.75, 3.05) is 5.73 Å². The number of hydrogen-bond acceptors (Lipinski definition) is 5. The fraction of sp³-hybridized carbons (Fsp3) is 0.259. The summed E-state index contributed by atoms with van der Waals surface area (Å²) in [6.07, 6.45) is 0. The molecule has 0 aliphatic rings. The third-order valence-electron chi connectivity index (χ3n) is 6.23. The molecule has 8 heteroatoms. The number of rotatable bonds is 6. The number of benzene rings is 2. The first kappa shape index (κ1) is 24.5. The highest BCUT2D eigenvalue weighted by Gasteiger charge is 2.24. The van der Waals surface area contributed by atoms with Gasteiger partial charge in [0.05, 0.1) is 0 Å². The minimum absolute atomic E-state index is 0. The lowest BCUT2D eigenvalue weighted by Gasteiger charge is -2.16. The maximum atomic E-state index is 13.4. The van der Waals surface area contributed by atoms with E-state index >= 15 is 0 Å². The molecule has 0 bridgehead atoms. The Bertz CT molecular complexity index is 1540. The number of anilines is 1. The summed E-state index contributed by atoms with van der Waals surface area (Å²) in [6.45, 7) is 10.8. The molecule has 0 saturated heterocycles.